The quantitative estimate of drug-likeness (QED) is 0.686. The van der Waals surface area contributed by atoms with Crippen molar-refractivity contribution in [3.63, 3.8) is 0 Å². The molecule has 0 aliphatic rings. The summed E-state index contributed by atoms with van der Waals surface area (Å²) in [5, 5.41) is 14.1. The van der Waals surface area contributed by atoms with Crippen molar-refractivity contribution in [2.24, 2.45) is 0 Å². The van der Waals surface area contributed by atoms with Crippen LogP contribution >= 0.6 is 11.8 Å². The first-order valence-electron chi connectivity index (χ1n) is 6.59. The number of ether oxygens (including phenoxy) is 1. The first kappa shape index (κ1) is 17.2. The van der Waals surface area contributed by atoms with Gasteiger partial charge < -0.3 is 20.5 Å². The molecule has 0 aliphatic heterocycles. The van der Waals surface area contributed by atoms with E-state index in [0.717, 1.165) is 0 Å². The minimum Gasteiger partial charge on any atom is -0.492 e. The lowest BCUT2D eigenvalue weighted by Crippen LogP contribution is -2.43. The minimum absolute atomic E-state index is 0.372. The largest absolute Gasteiger partial charge is 0.492 e. The molecule has 1 aromatic rings. The Morgan fingerprint density at radius 2 is 2.10 bits per heavy atom. The van der Waals surface area contributed by atoms with E-state index in [1.165, 1.54) is 11.8 Å². The van der Waals surface area contributed by atoms with E-state index >= 15 is 0 Å². The SMILES string of the molecule is CCOc1ccccc1NC(=O)N[C@H](CCSC)C(=O)O. The van der Waals surface area contributed by atoms with Crippen molar-refractivity contribution in [2.75, 3.05) is 23.9 Å². The van der Waals surface area contributed by atoms with E-state index in [0.29, 0.717) is 30.2 Å². The Bertz CT molecular complexity index is 482. The molecule has 1 atom stereocenters. The molecule has 0 heterocycles. The summed E-state index contributed by atoms with van der Waals surface area (Å²) < 4.78 is 5.39. The molecule has 0 aliphatic carbocycles. The second-order valence-corrected chi connectivity index (χ2v) is 5.19. The molecule has 116 valence electrons. The smallest absolute Gasteiger partial charge is 0.326 e. The highest BCUT2D eigenvalue weighted by atomic mass is 32.2. The number of thioether (sulfide) groups is 1. The number of hydrogen-bond acceptors (Lipinski definition) is 4. The summed E-state index contributed by atoms with van der Waals surface area (Å²) in [5.41, 5.74) is 0.505. The van der Waals surface area contributed by atoms with Crippen molar-refractivity contribution in [1.29, 1.82) is 0 Å². The van der Waals surface area contributed by atoms with Crippen molar-refractivity contribution in [1.82, 2.24) is 5.32 Å². The van der Waals surface area contributed by atoms with E-state index in [9.17, 15) is 9.59 Å². The average molecular weight is 312 g/mol. The van der Waals surface area contributed by atoms with Crippen LogP contribution < -0.4 is 15.4 Å². The van der Waals surface area contributed by atoms with Gasteiger partial charge in [-0.3, -0.25) is 0 Å². The summed E-state index contributed by atoms with van der Waals surface area (Å²) in [7, 11) is 0. The van der Waals surface area contributed by atoms with Gasteiger partial charge in [-0.05, 0) is 37.5 Å². The van der Waals surface area contributed by atoms with Gasteiger partial charge >= 0.3 is 12.0 Å². The number of urea groups is 1. The van der Waals surface area contributed by atoms with Crippen LogP contribution in [0.25, 0.3) is 0 Å². The highest BCUT2D eigenvalue weighted by Gasteiger charge is 2.19. The molecule has 21 heavy (non-hydrogen) atoms. The summed E-state index contributed by atoms with van der Waals surface area (Å²) in [6.45, 7) is 2.32. The predicted octanol–water partition coefficient (Wildman–Crippen LogP) is 2.41. The molecule has 0 fully saturated rings. The average Bonchev–Trinajstić information content (AvgIpc) is 2.45. The fourth-order valence-corrected chi connectivity index (χ4v) is 2.13. The molecule has 0 bridgehead atoms. The van der Waals surface area contributed by atoms with Gasteiger partial charge in [0, 0.05) is 0 Å². The monoisotopic (exact) mass is 312 g/mol. The highest BCUT2D eigenvalue weighted by molar-refractivity contribution is 7.98. The van der Waals surface area contributed by atoms with Gasteiger partial charge in [0.15, 0.2) is 0 Å². The lowest BCUT2D eigenvalue weighted by atomic mass is 10.2. The third kappa shape index (κ3) is 5.95. The second kappa shape index (κ2) is 9.12. The highest BCUT2D eigenvalue weighted by Crippen LogP contribution is 2.23. The van der Waals surface area contributed by atoms with Crippen LogP contribution in [-0.4, -0.2) is 41.8 Å². The van der Waals surface area contributed by atoms with Gasteiger partial charge in [-0.2, -0.15) is 11.8 Å². The molecule has 0 saturated carbocycles. The van der Waals surface area contributed by atoms with E-state index in [-0.39, 0.29) is 0 Å². The first-order valence-corrected chi connectivity index (χ1v) is 7.99. The van der Waals surface area contributed by atoms with E-state index in [1.54, 1.807) is 24.3 Å². The third-order valence-electron chi connectivity index (χ3n) is 2.65. The number of benzene rings is 1. The lowest BCUT2D eigenvalue weighted by Gasteiger charge is -2.16. The number of carboxylic acids is 1. The third-order valence-corrected chi connectivity index (χ3v) is 3.29. The molecule has 0 saturated heterocycles. The zero-order valence-electron chi connectivity index (χ0n) is 12.1. The fraction of sp³-hybridized carbons (Fsp3) is 0.429. The molecule has 6 nitrogen and oxygen atoms in total. The van der Waals surface area contributed by atoms with Gasteiger partial charge in [0.2, 0.25) is 0 Å². The number of aliphatic carboxylic acids is 1. The number of carboxylic acid groups (broad SMARTS) is 1. The van der Waals surface area contributed by atoms with Crippen LogP contribution in [0.15, 0.2) is 24.3 Å². The van der Waals surface area contributed by atoms with Crippen LogP contribution in [0.3, 0.4) is 0 Å². The van der Waals surface area contributed by atoms with Gasteiger partial charge in [0.05, 0.1) is 12.3 Å². The minimum atomic E-state index is -1.04. The standard InChI is InChI=1S/C14H20N2O4S/c1-3-20-12-7-5-4-6-10(12)15-14(19)16-11(13(17)18)8-9-21-2/h4-7,11H,3,8-9H2,1-2H3,(H,17,18)(H2,15,16,19)/t11-/m1/s1. The van der Waals surface area contributed by atoms with Gasteiger partial charge in [0.1, 0.15) is 11.8 Å². The maximum atomic E-state index is 11.9. The number of rotatable bonds is 8. The zero-order valence-corrected chi connectivity index (χ0v) is 12.9. The summed E-state index contributed by atoms with van der Waals surface area (Å²) in [6.07, 6.45) is 2.26. The van der Waals surface area contributed by atoms with E-state index in [4.69, 9.17) is 9.84 Å². The molecule has 1 aromatic carbocycles. The number of nitrogens with one attached hydrogen (secondary N) is 2. The number of para-hydroxylation sites is 2. The Hall–Kier alpha value is -1.89. The molecule has 3 N–H and O–H groups in total. The molecule has 1 rings (SSSR count). The normalized spacial score (nSPS) is 11.5. The Kier molecular flexibility index (Phi) is 7.45. The van der Waals surface area contributed by atoms with Crippen LogP contribution in [-0.2, 0) is 4.79 Å². The van der Waals surface area contributed by atoms with Gasteiger partial charge in [-0.15, -0.1) is 0 Å². The van der Waals surface area contributed by atoms with Gasteiger partial charge in [-0.25, -0.2) is 9.59 Å². The Labute approximate surface area is 128 Å². The summed E-state index contributed by atoms with van der Waals surface area (Å²) >= 11 is 1.53. The maximum absolute atomic E-state index is 11.9. The molecular formula is C14H20N2O4S. The molecule has 2 amide bonds. The summed E-state index contributed by atoms with van der Waals surface area (Å²) in [6, 6.07) is 5.53. The lowest BCUT2D eigenvalue weighted by molar-refractivity contribution is -0.139. The number of amides is 2. The van der Waals surface area contributed by atoms with Crippen LogP contribution in [0, 0.1) is 0 Å². The number of hydrogen-bond donors (Lipinski definition) is 3. The molecule has 0 unspecified atom stereocenters. The maximum Gasteiger partial charge on any atom is 0.326 e. The second-order valence-electron chi connectivity index (χ2n) is 4.20. The van der Waals surface area contributed by atoms with Crippen molar-refractivity contribution >= 4 is 29.4 Å². The van der Waals surface area contributed by atoms with Crippen LogP contribution in [0.1, 0.15) is 13.3 Å². The molecule has 7 heteroatoms. The Morgan fingerprint density at radius 1 is 1.38 bits per heavy atom. The topological polar surface area (TPSA) is 87.7 Å². The number of carbonyl (C=O) groups is 2. The van der Waals surface area contributed by atoms with E-state index in [2.05, 4.69) is 10.6 Å². The Balaban J connectivity index is 2.65. The predicted molar refractivity (Wildman–Crippen MR) is 84.2 cm³/mol. The van der Waals surface area contributed by atoms with Crippen LogP contribution in [0.4, 0.5) is 10.5 Å². The number of carbonyl (C=O) groups excluding carboxylic acids is 1. The van der Waals surface area contributed by atoms with Crippen molar-refractivity contribution in [3.8, 4) is 5.75 Å². The number of anilines is 1. The van der Waals surface area contributed by atoms with E-state index in [1.807, 2.05) is 13.2 Å². The van der Waals surface area contributed by atoms with Crippen molar-refractivity contribution in [2.45, 2.75) is 19.4 Å². The molecule has 0 spiro atoms. The first-order chi connectivity index (χ1) is 10.1. The fourth-order valence-electron chi connectivity index (χ4n) is 1.66. The van der Waals surface area contributed by atoms with Crippen LogP contribution in [0.5, 0.6) is 5.75 Å². The van der Waals surface area contributed by atoms with E-state index < -0.39 is 18.0 Å². The summed E-state index contributed by atoms with van der Waals surface area (Å²) in [5.74, 6) is 0.163. The zero-order chi connectivity index (χ0) is 15.7. The van der Waals surface area contributed by atoms with Gasteiger partial charge in [0.25, 0.3) is 0 Å². The summed E-state index contributed by atoms with van der Waals surface area (Å²) in [4.78, 5) is 23.0. The van der Waals surface area contributed by atoms with Crippen LogP contribution in [0.2, 0.25) is 0 Å². The molecule has 0 aromatic heterocycles. The molecular weight excluding hydrogens is 292 g/mol. The van der Waals surface area contributed by atoms with Gasteiger partial charge in [-0.1, -0.05) is 12.1 Å². The van der Waals surface area contributed by atoms with Crippen molar-refractivity contribution in [3.05, 3.63) is 24.3 Å². The molecule has 0 radical (unpaired) electrons. The Morgan fingerprint density at radius 3 is 2.71 bits per heavy atom. The van der Waals surface area contributed by atoms with Crippen molar-refractivity contribution < 1.29 is 19.4 Å².